The molecule has 8 nitrogen and oxygen atoms in total. The SMILES string of the molecule is CCOCCOCCOC(C)=O.CCOCCOCCOC(C)=O. The first kappa shape index (κ1) is 25.0. The Morgan fingerprint density at radius 1 is 0.542 bits per heavy atom. The smallest absolute Gasteiger partial charge is 0.302 e. The minimum absolute atomic E-state index is 0.275. The van der Waals surface area contributed by atoms with E-state index in [1.165, 1.54) is 13.8 Å². The second-order valence-corrected chi connectivity index (χ2v) is 4.30. The van der Waals surface area contributed by atoms with Crippen molar-refractivity contribution in [3.8, 4) is 0 Å². The topological polar surface area (TPSA) is 89.5 Å². The number of carbonyl (C=O) groups is 2. The van der Waals surface area contributed by atoms with Crippen molar-refractivity contribution in [3.63, 3.8) is 0 Å². The maximum atomic E-state index is 10.3. The summed E-state index contributed by atoms with van der Waals surface area (Å²) in [5, 5.41) is 0. The average molecular weight is 352 g/mol. The van der Waals surface area contributed by atoms with Gasteiger partial charge in [-0.1, -0.05) is 0 Å². The predicted octanol–water partition coefficient (Wildman–Crippen LogP) is 1.21. The number of hydrogen-bond donors (Lipinski definition) is 0. The molecule has 0 aromatic heterocycles. The fourth-order valence-corrected chi connectivity index (χ4v) is 1.22. The minimum atomic E-state index is -0.275. The van der Waals surface area contributed by atoms with Crippen LogP contribution in [-0.2, 0) is 38.0 Å². The predicted molar refractivity (Wildman–Crippen MR) is 87.9 cm³/mol. The van der Waals surface area contributed by atoms with Crippen LogP contribution in [0, 0.1) is 0 Å². The largest absolute Gasteiger partial charge is 0.463 e. The fourth-order valence-electron chi connectivity index (χ4n) is 1.22. The molecule has 0 heterocycles. The van der Waals surface area contributed by atoms with Crippen LogP contribution in [0.15, 0.2) is 0 Å². The third-order valence-corrected chi connectivity index (χ3v) is 2.22. The Hall–Kier alpha value is -1.22. The lowest BCUT2D eigenvalue weighted by molar-refractivity contribution is -0.143. The Morgan fingerprint density at radius 3 is 1.12 bits per heavy atom. The highest BCUT2D eigenvalue weighted by atomic mass is 16.6. The molecule has 0 amide bonds. The van der Waals surface area contributed by atoms with Gasteiger partial charge in [-0.3, -0.25) is 9.59 Å². The van der Waals surface area contributed by atoms with E-state index in [9.17, 15) is 9.59 Å². The van der Waals surface area contributed by atoms with E-state index in [0.717, 1.165) is 0 Å². The lowest BCUT2D eigenvalue weighted by Crippen LogP contribution is -2.10. The maximum absolute atomic E-state index is 10.3. The standard InChI is InChI=1S/2C8H16O4/c2*1-3-10-4-5-11-6-7-12-8(2)9/h2*3-7H2,1-2H3. The molecule has 0 aromatic rings. The van der Waals surface area contributed by atoms with E-state index < -0.39 is 0 Å². The van der Waals surface area contributed by atoms with Crippen LogP contribution in [0.3, 0.4) is 0 Å². The molecule has 0 saturated heterocycles. The molecule has 0 fully saturated rings. The first-order chi connectivity index (χ1) is 11.5. The van der Waals surface area contributed by atoms with Gasteiger partial charge in [-0.15, -0.1) is 0 Å². The van der Waals surface area contributed by atoms with Gasteiger partial charge in [0, 0.05) is 27.1 Å². The first-order valence-corrected chi connectivity index (χ1v) is 8.12. The minimum Gasteiger partial charge on any atom is -0.463 e. The van der Waals surface area contributed by atoms with Crippen LogP contribution in [0.2, 0.25) is 0 Å². The van der Waals surface area contributed by atoms with E-state index in [4.69, 9.17) is 18.9 Å². The van der Waals surface area contributed by atoms with Crippen molar-refractivity contribution >= 4 is 11.9 Å². The highest BCUT2D eigenvalue weighted by Crippen LogP contribution is 1.81. The van der Waals surface area contributed by atoms with Gasteiger partial charge in [0.05, 0.1) is 39.6 Å². The molecule has 0 aliphatic heterocycles. The molecule has 0 N–H and O–H groups in total. The highest BCUT2D eigenvalue weighted by Gasteiger charge is 1.93. The monoisotopic (exact) mass is 352 g/mol. The quantitative estimate of drug-likeness (QED) is 0.340. The third-order valence-electron chi connectivity index (χ3n) is 2.22. The molecule has 0 aromatic carbocycles. The van der Waals surface area contributed by atoms with Crippen molar-refractivity contribution in [2.75, 3.05) is 66.1 Å². The number of esters is 2. The molecule has 8 heteroatoms. The highest BCUT2D eigenvalue weighted by molar-refractivity contribution is 5.66. The molecule has 144 valence electrons. The summed E-state index contributed by atoms with van der Waals surface area (Å²) in [5.74, 6) is -0.549. The molecule has 0 saturated carbocycles. The van der Waals surface area contributed by atoms with E-state index in [-0.39, 0.29) is 11.9 Å². The summed E-state index contributed by atoms with van der Waals surface area (Å²) in [6, 6.07) is 0. The number of carbonyl (C=O) groups excluding carboxylic acids is 2. The number of rotatable bonds is 14. The van der Waals surface area contributed by atoms with Crippen LogP contribution in [0.5, 0.6) is 0 Å². The number of ether oxygens (including phenoxy) is 6. The van der Waals surface area contributed by atoms with E-state index >= 15 is 0 Å². The van der Waals surface area contributed by atoms with Gasteiger partial charge in [0.2, 0.25) is 0 Å². The van der Waals surface area contributed by atoms with Gasteiger partial charge in [-0.25, -0.2) is 0 Å². The zero-order valence-electron chi connectivity index (χ0n) is 15.3. The molecule has 0 unspecified atom stereocenters. The lowest BCUT2D eigenvalue weighted by Gasteiger charge is -2.03. The van der Waals surface area contributed by atoms with Gasteiger partial charge in [0.1, 0.15) is 13.2 Å². The Bertz CT molecular complexity index is 255. The lowest BCUT2D eigenvalue weighted by atomic mass is 10.7. The van der Waals surface area contributed by atoms with Crippen LogP contribution in [-0.4, -0.2) is 78.0 Å². The van der Waals surface area contributed by atoms with Crippen LogP contribution >= 0.6 is 0 Å². The van der Waals surface area contributed by atoms with Gasteiger partial charge >= 0.3 is 11.9 Å². The fraction of sp³-hybridized carbons (Fsp3) is 0.875. The Morgan fingerprint density at radius 2 is 0.833 bits per heavy atom. The van der Waals surface area contributed by atoms with E-state index in [1.54, 1.807) is 0 Å². The third kappa shape index (κ3) is 28.9. The first-order valence-electron chi connectivity index (χ1n) is 8.12. The van der Waals surface area contributed by atoms with E-state index in [1.807, 2.05) is 13.8 Å². The van der Waals surface area contributed by atoms with Crippen LogP contribution in [0.25, 0.3) is 0 Å². The summed E-state index contributed by atoms with van der Waals surface area (Å²) in [4.78, 5) is 20.6. The Labute approximate surface area is 144 Å². The van der Waals surface area contributed by atoms with Crippen molar-refractivity contribution < 1.29 is 38.0 Å². The van der Waals surface area contributed by atoms with Gasteiger partial charge in [-0.2, -0.15) is 0 Å². The van der Waals surface area contributed by atoms with E-state index in [2.05, 4.69) is 9.47 Å². The summed E-state index contributed by atoms with van der Waals surface area (Å²) in [6.45, 7) is 11.8. The zero-order valence-corrected chi connectivity index (χ0v) is 15.3. The maximum Gasteiger partial charge on any atom is 0.302 e. The molecule has 0 rings (SSSR count). The van der Waals surface area contributed by atoms with Crippen molar-refractivity contribution in [1.29, 1.82) is 0 Å². The van der Waals surface area contributed by atoms with Crippen molar-refractivity contribution in [3.05, 3.63) is 0 Å². The summed E-state index contributed by atoms with van der Waals surface area (Å²) in [6.07, 6.45) is 0. The van der Waals surface area contributed by atoms with Gasteiger partial charge < -0.3 is 28.4 Å². The van der Waals surface area contributed by atoms with Gasteiger partial charge in [0.15, 0.2) is 0 Å². The molecule has 24 heavy (non-hydrogen) atoms. The average Bonchev–Trinajstić information content (AvgIpc) is 2.53. The summed E-state index contributed by atoms with van der Waals surface area (Å²) in [5.41, 5.74) is 0. The van der Waals surface area contributed by atoms with Crippen LogP contribution < -0.4 is 0 Å². The van der Waals surface area contributed by atoms with Crippen LogP contribution in [0.4, 0.5) is 0 Å². The molecule has 0 aliphatic rings. The molecule has 0 radical (unpaired) electrons. The van der Waals surface area contributed by atoms with Crippen LogP contribution in [0.1, 0.15) is 27.7 Å². The van der Waals surface area contributed by atoms with Crippen molar-refractivity contribution in [2.24, 2.45) is 0 Å². The molecule has 0 bridgehead atoms. The Kier molecular flexibility index (Phi) is 22.7. The van der Waals surface area contributed by atoms with Gasteiger partial charge in [0.25, 0.3) is 0 Å². The van der Waals surface area contributed by atoms with Crippen molar-refractivity contribution in [2.45, 2.75) is 27.7 Å². The number of hydrogen-bond acceptors (Lipinski definition) is 8. The molecular weight excluding hydrogens is 320 g/mol. The van der Waals surface area contributed by atoms with Crippen molar-refractivity contribution in [1.82, 2.24) is 0 Å². The zero-order chi connectivity index (χ0) is 18.5. The molecule has 0 aliphatic carbocycles. The Balaban J connectivity index is 0. The molecule has 0 atom stereocenters. The normalized spacial score (nSPS) is 9.83. The second-order valence-electron chi connectivity index (χ2n) is 4.30. The summed E-state index contributed by atoms with van der Waals surface area (Å²) < 4.78 is 29.5. The summed E-state index contributed by atoms with van der Waals surface area (Å²) >= 11 is 0. The van der Waals surface area contributed by atoms with E-state index in [0.29, 0.717) is 66.1 Å². The van der Waals surface area contributed by atoms with Gasteiger partial charge in [-0.05, 0) is 13.8 Å². The second kappa shape index (κ2) is 21.8. The molecule has 0 spiro atoms. The molecular formula is C16H32O8. The summed E-state index contributed by atoms with van der Waals surface area (Å²) in [7, 11) is 0.